The summed E-state index contributed by atoms with van der Waals surface area (Å²) in [6.07, 6.45) is 1.08. The summed E-state index contributed by atoms with van der Waals surface area (Å²) in [5.41, 5.74) is 1.53. The summed E-state index contributed by atoms with van der Waals surface area (Å²) in [5, 5.41) is 2.82. The molecular formula is C22H30N2O5S. The number of carbonyl (C=O) groups excluding carboxylic acids is 1. The lowest BCUT2D eigenvalue weighted by Crippen LogP contribution is -2.50. The number of rotatable bonds is 10. The molecule has 2 aromatic carbocycles. The van der Waals surface area contributed by atoms with E-state index >= 15 is 0 Å². The number of nitrogens with one attached hydrogen (secondary N) is 1. The largest absolute Gasteiger partial charge is 0.494 e. The van der Waals surface area contributed by atoms with Crippen molar-refractivity contribution in [1.29, 1.82) is 0 Å². The van der Waals surface area contributed by atoms with E-state index in [-0.39, 0.29) is 12.6 Å². The van der Waals surface area contributed by atoms with Crippen LogP contribution in [0.3, 0.4) is 0 Å². The van der Waals surface area contributed by atoms with E-state index in [4.69, 9.17) is 9.47 Å². The first-order chi connectivity index (χ1) is 14.1. The van der Waals surface area contributed by atoms with Gasteiger partial charge in [0.15, 0.2) is 0 Å². The van der Waals surface area contributed by atoms with Crippen LogP contribution in [0.5, 0.6) is 11.5 Å². The van der Waals surface area contributed by atoms with Gasteiger partial charge in [0.25, 0.3) is 0 Å². The number of nitrogens with zero attached hydrogens (tertiary/aromatic N) is 1. The lowest BCUT2D eigenvalue weighted by atomic mass is 10.2. The van der Waals surface area contributed by atoms with Crippen LogP contribution in [-0.4, -0.2) is 45.9 Å². The Morgan fingerprint density at radius 3 is 2.07 bits per heavy atom. The Hall–Kier alpha value is -2.74. The average molecular weight is 435 g/mol. The van der Waals surface area contributed by atoms with Gasteiger partial charge in [-0.15, -0.1) is 0 Å². The van der Waals surface area contributed by atoms with Crippen LogP contribution in [0.4, 0.5) is 5.69 Å². The van der Waals surface area contributed by atoms with Crippen molar-refractivity contribution in [3.63, 3.8) is 0 Å². The van der Waals surface area contributed by atoms with Crippen LogP contribution in [0.25, 0.3) is 0 Å². The fraction of sp³-hybridized carbons (Fsp3) is 0.409. The molecule has 2 atom stereocenters. The summed E-state index contributed by atoms with van der Waals surface area (Å²) < 4.78 is 37.0. The van der Waals surface area contributed by atoms with E-state index in [1.54, 1.807) is 38.1 Å². The minimum atomic E-state index is -3.68. The van der Waals surface area contributed by atoms with Gasteiger partial charge in [0.2, 0.25) is 15.9 Å². The molecule has 0 spiro atoms. The molecular weight excluding hydrogens is 404 g/mol. The van der Waals surface area contributed by atoms with Crippen molar-refractivity contribution in [1.82, 2.24) is 5.32 Å². The molecule has 1 N–H and O–H groups in total. The highest BCUT2D eigenvalue weighted by molar-refractivity contribution is 7.92. The van der Waals surface area contributed by atoms with Gasteiger partial charge in [0, 0.05) is 0 Å². The van der Waals surface area contributed by atoms with Crippen LogP contribution in [0.15, 0.2) is 48.5 Å². The quantitative estimate of drug-likeness (QED) is 0.621. The zero-order valence-corrected chi connectivity index (χ0v) is 18.9. The average Bonchev–Trinajstić information content (AvgIpc) is 2.68. The third-order valence-corrected chi connectivity index (χ3v) is 5.64. The minimum Gasteiger partial charge on any atom is -0.494 e. The number of hydrogen-bond donors (Lipinski definition) is 1. The number of aryl methyl sites for hydroxylation is 1. The van der Waals surface area contributed by atoms with E-state index in [1.807, 2.05) is 38.1 Å². The smallest absolute Gasteiger partial charge is 0.243 e. The van der Waals surface area contributed by atoms with E-state index in [0.717, 1.165) is 16.1 Å². The molecule has 2 rings (SSSR count). The number of carbonyl (C=O) groups is 1. The van der Waals surface area contributed by atoms with Gasteiger partial charge >= 0.3 is 0 Å². The molecule has 0 unspecified atom stereocenters. The fourth-order valence-electron chi connectivity index (χ4n) is 2.93. The Morgan fingerprint density at radius 2 is 1.53 bits per heavy atom. The van der Waals surface area contributed by atoms with Gasteiger partial charge in [-0.1, -0.05) is 17.7 Å². The van der Waals surface area contributed by atoms with Crippen LogP contribution in [0.1, 0.15) is 26.3 Å². The highest BCUT2D eigenvalue weighted by atomic mass is 32.2. The SMILES string of the molecule is CCOc1ccc(N([C@@H](C)C(=O)N[C@H](C)COc2ccc(C)cc2)S(C)(=O)=O)cc1. The second-order valence-electron chi connectivity index (χ2n) is 7.20. The first-order valence-corrected chi connectivity index (χ1v) is 11.7. The first kappa shape index (κ1) is 23.5. The Bertz CT molecular complexity index is 927. The molecule has 0 saturated carbocycles. The third kappa shape index (κ3) is 6.66. The molecule has 0 saturated heterocycles. The van der Waals surface area contributed by atoms with E-state index in [9.17, 15) is 13.2 Å². The van der Waals surface area contributed by atoms with Crippen molar-refractivity contribution >= 4 is 21.6 Å². The molecule has 1 amide bonds. The molecule has 164 valence electrons. The van der Waals surface area contributed by atoms with Gasteiger partial charge in [-0.3, -0.25) is 9.10 Å². The van der Waals surface area contributed by atoms with Crippen molar-refractivity contribution in [3.8, 4) is 11.5 Å². The Kier molecular flexibility index (Phi) is 8.11. The lowest BCUT2D eigenvalue weighted by molar-refractivity contribution is -0.122. The lowest BCUT2D eigenvalue weighted by Gasteiger charge is -2.29. The van der Waals surface area contributed by atoms with Crippen molar-refractivity contribution in [2.45, 2.75) is 39.8 Å². The topological polar surface area (TPSA) is 84.9 Å². The van der Waals surface area contributed by atoms with Gasteiger partial charge < -0.3 is 14.8 Å². The summed E-state index contributed by atoms with van der Waals surface area (Å²) in [6.45, 7) is 8.00. The molecule has 2 aromatic rings. The Labute approximate surface area is 179 Å². The predicted molar refractivity (Wildman–Crippen MR) is 119 cm³/mol. The number of hydrogen-bond acceptors (Lipinski definition) is 5. The maximum Gasteiger partial charge on any atom is 0.243 e. The van der Waals surface area contributed by atoms with Gasteiger partial charge in [-0.25, -0.2) is 8.42 Å². The molecule has 0 bridgehead atoms. The number of anilines is 1. The van der Waals surface area contributed by atoms with Crippen molar-refractivity contribution in [3.05, 3.63) is 54.1 Å². The van der Waals surface area contributed by atoms with Crippen molar-refractivity contribution in [2.24, 2.45) is 0 Å². The summed E-state index contributed by atoms with van der Waals surface area (Å²) >= 11 is 0. The highest BCUT2D eigenvalue weighted by Gasteiger charge is 2.29. The molecule has 0 aliphatic rings. The standard InChI is InChI=1S/C22H30N2O5S/c1-6-28-20-13-9-19(10-14-20)24(30(5,26)27)18(4)22(25)23-17(3)15-29-21-11-7-16(2)8-12-21/h7-14,17-18H,6,15H2,1-5H3,(H,23,25)/t17-,18+/m1/s1. The van der Waals surface area contributed by atoms with Gasteiger partial charge in [0.05, 0.1) is 24.6 Å². The first-order valence-electron chi connectivity index (χ1n) is 9.84. The molecule has 0 heterocycles. The maximum atomic E-state index is 12.7. The number of benzene rings is 2. The molecule has 8 heteroatoms. The van der Waals surface area contributed by atoms with Crippen LogP contribution in [-0.2, 0) is 14.8 Å². The van der Waals surface area contributed by atoms with Crippen molar-refractivity contribution < 1.29 is 22.7 Å². The van der Waals surface area contributed by atoms with Crippen LogP contribution in [0, 0.1) is 6.92 Å². The summed E-state index contributed by atoms with van der Waals surface area (Å²) in [6, 6.07) is 13.0. The monoisotopic (exact) mass is 434 g/mol. The zero-order valence-electron chi connectivity index (χ0n) is 18.1. The zero-order chi connectivity index (χ0) is 22.3. The number of sulfonamides is 1. The van der Waals surface area contributed by atoms with Gasteiger partial charge in [-0.05, 0) is 64.1 Å². The Balaban J connectivity index is 2.04. The van der Waals surface area contributed by atoms with Crippen molar-refractivity contribution in [2.75, 3.05) is 23.8 Å². The predicted octanol–water partition coefficient (Wildman–Crippen LogP) is 3.13. The summed E-state index contributed by atoms with van der Waals surface area (Å²) in [5.74, 6) is 0.935. The normalized spacial score (nSPS) is 13.2. The molecule has 30 heavy (non-hydrogen) atoms. The molecule has 0 fully saturated rings. The molecule has 7 nitrogen and oxygen atoms in total. The fourth-order valence-corrected chi connectivity index (χ4v) is 4.10. The minimum absolute atomic E-state index is 0.267. The number of amides is 1. The van der Waals surface area contributed by atoms with Crippen LogP contribution < -0.4 is 19.1 Å². The second kappa shape index (κ2) is 10.3. The maximum absolute atomic E-state index is 12.7. The molecule has 0 aromatic heterocycles. The van der Waals surface area contributed by atoms with E-state index < -0.39 is 22.0 Å². The van der Waals surface area contributed by atoms with E-state index in [0.29, 0.717) is 23.8 Å². The van der Waals surface area contributed by atoms with Gasteiger partial charge in [-0.2, -0.15) is 0 Å². The summed E-state index contributed by atoms with van der Waals surface area (Å²) in [4.78, 5) is 12.7. The highest BCUT2D eigenvalue weighted by Crippen LogP contribution is 2.24. The molecule has 0 radical (unpaired) electrons. The van der Waals surface area contributed by atoms with Crippen LogP contribution in [0.2, 0.25) is 0 Å². The second-order valence-corrected chi connectivity index (χ2v) is 9.05. The Morgan fingerprint density at radius 1 is 1.00 bits per heavy atom. The van der Waals surface area contributed by atoms with Crippen LogP contribution >= 0.6 is 0 Å². The van der Waals surface area contributed by atoms with E-state index in [1.165, 1.54) is 0 Å². The molecule has 0 aliphatic carbocycles. The van der Waals surface area contributed by atoms with E-state index in [2.05, 4.69) is 5.32 Å². The summed E-state index contributed by atoms with van der Waals surface area (Å²) in [7, 11) is -3.68. The van der Waals surface area contributed by atoms with Gasteiger partial charge in [0.1, 0.15) is 24.1 Å². The third-order valence-electron chi connectivity index (χ3n) is 4.40. The number of ether oxygens (including phenoxy) is 2. The molecule has 0 aliphatic heterocycles.